The quantitative estimate of drug-likeness (QED) is 0.925. The average Bonchev–Trinajstić information content (AvgIpc) is 2.76. The van der Waals surface area contributed by atoms with E-state index in [1.54, 1.807) is 11.6 Å². The molecule has 0 amide bonds. The fraction of sp³-hybridized carbons (Fsp3) is 0.167. The third-order valence-corrected chi connectivity index (χ3v) is 3.21. The number of rotatable bonds is 4. The molecule has 0 spiro atoms. The number of carboxylic acids is 1. The highest BCUT2D eigenvalue weighted by atomic mass is 32.1. The molecule has 0 fully saturated rings. The zero-order valence-electron chi connectivity index (χ0n) is 9.51. The Kier molecular flexibility index (Phi) is 3.57. The first-order valence-corrected chi connectivity index (χ1v) is 5.98. The number of halogens is 1. The predicted octanol–water partition coefficient (Wildman–Crippen LogP) is 2.58. The van der Waals surface area contributed by atoms with Crippen molar-refractivity contribution in [2.45, 2.75) is 6.42 Å². The molecule has 0 saturated heterocycles. The Morgan fingerprint density at radius 3 is 2.94 bits per heavy atom. The minimum atomic E-state index is -0.936. The molecule has 1 N–H and O–H groups in total. The van der Waals surface area contributed by atoms with Gasteiger partial charge < -0.3 is 9.84 Å². The van der Waals surface area contributed by atoms with Crippen molar-refractivity contribution in [1.82, 2.24) is 4.98 Å². The van der Waals surface area contributed by atoms with Crippen molar-refractivity contribution in [2.75, 3.05) is 7.11 Å². The molecule has 2 aromatic rings. The van der Waals surface area contributed by atoms with Crippen LogP contribution in [-0.4, -0.2) is 23.2 Å². The highest BCUT2D eigenvalue weighted by molar-refractivity contribution is 7.10. The first kappa shape index (κ1) is 12.5. The van der Waals surface area contributed by atoms with Gasteiger partial charge in [0.1, 0.15) is 0 Å². The van der Waals surface area contributed by atoms with Crippen LogP contribution in [0.25, 0.3) is 11.3 Å². The molecule has 6 heteroatoms. The maximum absolute atomic E-state index is 13.6. The van der Waals surface area contributed by atoms with E-state index in [2.05, 4.69) is 4.98 Å². The Balaban J connectivity index is 2.40. The predicted molar refractivity (Wildman–Crippen MR) is 65.4 cm³/mol. The van der Waals surface area contributed by atoms with E-state index in [0.29, 0.717) is 16.1 Å². The monoisotopic (exact) mass is 267 g/mol. The summed E-state index contributed by atoms with van der Waals surface area (Å²) in [5, 5.41) is 8.78. The molecular formula is C12H10FNO3S. The first-order chi connectivity index (χ1) is 8.61. The average molecular weight is 267 g/mol. The van der Waals surface area contributed by atoms with E-state index in [1.165, 1.54) is 30.6 Å². The summed E-state index contributed by atoms with van der Waals surface area (Å²) < 4.78 is 18.4. The van der Waals surface area contributed by atoms with Gasteiger partial charge in [0.25, 0.3) is 0 Å². The number of hydrogen-bond acceptors (Lipinski definition) is 4. The maximum Gasteiger partial charge on any atom is 0.308 e. The van der Waals surface area contributed by atoms with Gasteiger partial charge in [-0.3, -0.25) is 4.79 Å². The van der Waals surface area contributed by atoms with Crippen LogP contribution < -0.4 is 4.74 Å². The molecule has 0 saturated carbocycles. The number of thiazole rings is 1. The second-order valence-corrected chi connectivity index (χ2v) is 4.48. The van der Waals surface area contributed by atoms with E-state index in [-0.39, 0.29) is 12.2 Å². The Hall–Kier alpha value is -1.95. The fourth-order valence-electron chi connectivity index (χ4n) is 1.58. The lowest BCUT2D eigenvalue weighted by Gasteiger charge is -2.04. The topological polar surface area (TPSA) is 59.4 Å². The van der Waals surface area contributed by atoms with Gasteiger partial charge in [-0.25, -0.2) is 9.37 Å². The summed E-state index contributed by atoms with van der Waals surface area (Å²) >= 11 is 1.24. The number of hydrogen-bond donors (Lipinski definition) is 1. The van der Waals surface area contributed by atoms with Gasteiger partial charge in [-0.15, -0.1) is 11.3 Å². The molecule has 1 aromatic carbocycles. The van der Waals surface area contributed by atoms with Crippen molar-refractivity contribution in [3.05, 3.63) is 34.4 Å². The molecule has 4 nitrogen and oxygen atoms in total. The van der Waals surface area contributed by atoms with E-state index in [1.807, 2.05) is 0 Å². The highest BCUT2D eigenvalue weighted by Crippen LogP contribution is 2.29. The third kappa shape index (κ3) is 2.48. The van der Waals surface area contributed by atoms with Crippen molar-refractivity contribution in [3.8, 4) is 17.0 Å². The summed E-state index contributed by atoms with van der Waals surface area (Å²) in [5.41, 5.74) is 2.60. The number of methoxy groups -OCH3 is 1. The molecule has 0 unspecified atom stereocenters. The van der Waals surface area contributed by atoms with E-state index < -0.39 is 11.8 Å². The number of benzene rings is 1. The molecule has 1 heterocycles. The summed E-state index contributed by atoms with van der Waals surface area (Å²) in [5.74, 6) is -1.28. The maximum atomic E-state index is 13.6. The minimum Gasteiger partial charge on any atom is -0.494 e. The number of carboxylic acid groups (broad SMARTS) is 1. The SMILES string of the molecule is COc1ccc(-c2ncsc2CC(=O)O)cc1F. The van der Waals surface area contributed by atoms with Gasteiger partial charge in [0.2, 0.25) is 0 Å². The summed E-state index contributed by atoms with van der Waals surface area (Å²) in [6, 6.07) is 4.44. The van der Waals surface area contributed by atoms with E-state index in [9.17, 15) is 9.18 Å². The van der Waals surface area contributed by atoms with Crippen LogP contribution in [0.15, 0.2) is 23.7 Å². The number of ether oxygens (including phenoxy) is 1. The van der Waals surface area contributed by atoms with Crippen LogP contribution in [0, 0.1) is 5.82 Å². The van der Waals surface area contributed by atoms with Gasteiger partial charge in [0.05, 0.1) is 24.7 Å². The van der Waals surface area contributed by atoms with Crippen LogP contribution in [0.2, 0.25) is 0 Å². The lowest BCUT2D eigenvalue weighted by atomic mass is 10.1. The highest BCUT2D eigenvalue weighted by Gasteiger charge is 2.13. The molecule has 0 aliphatic carbocycles. The summed E-state index contributed by atoms with van der Waals surface area (Å²) in [4.78, 5) is 15.4. The zero-order chi connectivity index (χ0) is 13.1. The standard InChI is InChI=1S/C12H10FNO3S/c1-17-9-3-2-7(4-8(9)13)12-10(5-11(15)16)18-6-14-12/h2-4,6H,5H2,1H3,(H,15,16). The molecule has 0 aliphatic heterocycles. The van der Waals surface area contributed by atoms with Gasteiger partial charge in [0, 0.05) is 10.4 Å². The van der Waals surface area contributed by atoms with E-state index in [0.717, 1.165) is 0 Å². The van der Waals surface area contributed by atoms with Crippen molar-refractivity contribution >= 4 is 17.3 Å². The second-order valence-electron chi connectivity index (χ2n) is 3.54. The van der Waals surface area contributed by atoms with Gasteiger partial charge in [0.15, 0.2) is 11.6 Å². The van der Waals surface area contributed by atoms with Crippen molar-refractivity contribution in [3.63, 3.8) is 0 Å². The summed E-state index contributed by atoms with van der Waals surface area (Å²) in [6.07, 6.45) is -0.117. The Morgan fingerprint density at radius 1 is 1.56 bits per heavy atom. The van der Waals surface area contributed by atoms with Crippen LogP contribution in [0.5, 0.6) is 5.75 Å². The molecular weight excluding hydrogens is 257 g/mol. The Labute approximate surface area is 107 Å². The van der Waals surface area contributed by atoms with E-state index in [4.69, 9.17) is 9.84 Å². The minimum absolute atomic E-state index is 0.117. The summed E-state index contributed by atoms with van der Waals surface area (Å²) in [6.45, 7) is 0. The van der Waals surface area contributed by atoms with Crippen LogP contribution in [0.1, 0.15) is 4.88 Å². The molecule has 0 atom stereocenters. The molecule has 0 radical (unpaired) electrons. The molecule has 1 aromatic heterocycles. The summed E-state index contributed by atoms with van der Waals surface area (Å²) in [7, 11) is 1.39. The smallest absolute Gasteiger partial charge is 0.308 e. The second kappa shape index (κ2) is 5.14. The van der Waals surface area contributed by atoms with Gasteiger partial charge in [-0.2, -0.15) is 0 Å². The third-order valence-electron chi connectivity index (χ3n) is 2.38. The van der Waals surface area contributed by atoms with Crippen LogP contribution in [-0.2, 0) is 11.2 Å². The molecule has 94 valence electrons. The number of aromatic nitrogens is 1. The fourth-order valence-corrected chi connectivity index (χ4v) is 2.36. The molecule has 0 aliphatic rings. The van der Waals surface area contributed by atoms with Gasteiger partial charge in [-0.05, 0) is 18.2 Å². The van der Waals surface area contributed by atoms with Crippen molar-refractivity contribution in [1.29, 1.82) is 0 Å². The lowest BCUT2D eigenvalue weighted by molar-refractivity contribution is -0.136. The van der Waals surface area contributed by atoms with Crippen molar-refractivity contribution in [2.24, 2.45) is 0 Å². The lowest BCUT2D eigenvalue weighted by Crippen LogP contribution is -1.99. The van der Waals surface area contributed by atoms with Crippen LogP contribution >= 0.6 is 11.3 Å². The zero-order valence-corrected chi connectivity index (χ0v) is 10.3. The normalized spacial score (nSPS) is 10.3. The van der Waals surface area contributed by atoms with Crippen LogP contribution in [0.4, 0.5) is 4.39 Å². The number of carbonyl (C=O) groups is 1. The van der Waals surface area contributed by atoms with Crippen molar-refractivity contribution < 1.29 is 19.0 Å². The Bertz CT molecular complexity index is 582. The first-order valence-electron chi connectivity index (χ1n) is 5.10. The van der Waals surface area contributed by atoms with Gasteiger partial charge >= 0.3 is 5.97 Å². The van der Waals surface area contributed by atoms with Gasteiger partial charge in [-0.1, -0.05) is 0 Å². The largest absolute Gasteiger partial charge is 0.494 e. The molecule has 18 heavy (non-hydrogen) atoms. The Morgan fingerprint density at radius 2 is 2.33 bits per heavy atom. The van der Waals surface area contributed by atoms with Crippen LogP contribution in [0.3, 0.4) is 0 Å². The van der Waals surface area contributed by atoms with E-state index >= 15 is 0 Å². The number of nitrogens with zero attached hydrogens (tertiary/aromatic N) is 1. The molecule has 2 rings (SSSR count). The number of aliphatic carboxylic acids is 1. The molecule has 0 bridgehead atoms.